The van der Waals surface area contributed by atoms with Crippen LogP contribution in [0.15, 0.2) is 53.3 Å². The molecule has 0 aliphatic rings. The second-order valence-electron chi connectivity index (χ2n) is 6.89. The van der Waals surface area contributed by atoms with Gasteiger partial charge in [0.2, 0.25) is 5.91 Å². The molecule has 0 saturated carbocycles. The molecule has 160 valence electrons. The summed E-state index contributed by atoms with van der Waals surface area (Å²) in [4.78, 5) is 41.9. The Balaban J connectivity index is 1.86. The molecule has 0 aliphatic heterocycles. The van der Waals surface area contributed by atoms with Crippen LogP contribution in [-0.2, 0) is 16.1 Å². The number of rotatable bonds is 6. The molecule has 7 nitrogen and oxygen atoms in total. The van der Waals surface area contributed by atoms with Crippen LogP contribution in [0.3, 0.4) is 0 Å². The number of benzene rings is 2. The fourth-order valence-corrected chi connectivity index (χ4v) is 3.19. The van der Waals surface area contributed by atoms with E-state index in [4.69, 9.17) is 16.3 Å². The summed E-state index contributed by atoms with van der Waals surface area (Å²) >= 11 is 6.10. The highest BCUT2D eigenvalue weighted by Crippen LogP contribution is 2.21. The number of anilines is 1. The number of carbonyl (C=O) groups excluding carboxylic acids is 2. The average molecular weight is 440 g/mol. The number of hydrogen-bond donors (Lipinski definition) is 1. The van der Waals surface area contributed by atoms with Gasteiger partial charge in [-0.1, -0.05) is 23.7 Å². The van der Waals surface area contributed by atoms with Crippen molar-refractivity contribution in [3.8, 4) is 11.4 Å². The summed E-state index contributed by atoms with van der Waals surface area (Å²) in [6.45, 7) is 5.21. The molecule has 0 spiro atoms. The average Bonchev–Trinajstić information content (AvgIpc) is 2.74. The predicted molar refractivity (Wildman–Crippen MR) is 119 cm³/mol. The van der Waals surface area contributed by atoms with E-state index in [1.54, 1.807) is 69.3 Å². The first-order valence-corrected chi connectivity index (χ1v) is 10.1. The van der Waals surface area contributed by atoms with Crippen LogP contribution in [0.25, 0.3) is 11.4 Å². The zero-order valence-corrected chi connectivity index (χ0v) is 18.2. The van der Waals surface area contributed by atoms with E-state index in [1.165, 1.54) is 4.57 Å². The fraction of sp³-hybridized carbons (Fsp3) is 0.217. The molecule has 1 heterocycles. The molecule has 2 aromatic carbocycles. The van der Waals surface area contributed by atoms with E-state index < -0.39 is 11.9 Å². The van der Waals surface area contributed by atoms with Crippen LogP contribution in [0.4, 0.5) is 5.69 Å². The highest BCUT2D eigenvalue weighted by Gasteiger charge is 2.16. The van der Waals surface area contributed by atoms with Crippen LogP contribution < -0.4 is 10.9 Å². The fourth-order valence-electron chi connectivity index (χ4n) is 3.00. The van der Waals surface area contributed by atoms with Crippen LogP contribution in [-0.4, -0.2) is 28.0 Å². The first-order chi connectivity index (χ1) is 14.8. The van der Waals surface area contributed by atoms with Gasteiger partial charge in [-0.05, 0) is 57.2 Å². The van der Waals surface area contributed by atoms with Crippen LogP contribution in [0.1, 0.15) is 28.5 Å². The number of esters is 1. The Kier molecular flexibility index (Phi) is 6.87. The molecular formula is C23H22ClN3O4. The summed E-state index contributed by atoms with van der Waals surface area (Å²) in [6, 6.07) is 13.3. The summed E-state index contributed by atoms with van der Waals surface area (Å²) < 4.78 is 6.27. The molecule has 31 heavy (non-hydrogen) atoms. The lowest BCUT2D eigenvalue weighted by Crippen LogP contribution is -2.31. The van der Waals surface area contributed by atoms with Gasteiger partial charge < -0.3 is 10.1 Å². The number of nitrogens with zero attached hydrogens (tertiary/aromatic N) is 2. The van der Waals surface area contributed by atoms with Crippen molar-refractivity contribution in [1.29, 1.82) is 0 Å². The van der Waals surface area contributed by atoms with Crippen molar-refractivity contribution in [2.75, 3.05) is 11.9 Å². The molecule has 0 saturated heterocycles. The Labute approximate surface area is 184 Å². The third kappa shape index (κ3) is 5.19. The second-order valence-corrected chi connectivity index (χ2v) is 7.33. The van der Waals surface area contributed by atoms with Crippen molar-refractivity contribution in [3.63, 3.8) is 0 Å². The lowest BCUT2D eigenvalue weighted by atomic mass is 10.1. The summed E-state index contributed by atoms with van der Waals surface area (Å²) in [6.07, 6.45) is 0. The number of hydrogen-bond acceptors (Lipinski definition) is 5. The van der Waals surface area contributed by atoms with E-state index in [1.807, 2.05) is 0 Å². The number of amides is 1. The minimum atomic E-state index is -0.431. The predicted octanol–water partition coefficient (Wildman–Crippen LogP) is 4.00. The molecule has 0 atom stereocenters. The molecule has 1 aromatic heterocycles. The monoisotopic (exact) mass is 439 g/mol. The van der Waals surface area contributed by atoms with Gasteiger partial charge in [0.15, 0.2) is 0 Å². The number of nitrogens with one attached hydrogen (secondary N) is 1. The number of aromatic nitrogens is 2. The van der Waals surface area contributed by atoms with Crippen LogP contribution in [0, 0.1) is 13.8 Å². The van der Waals surface area contributed by atoms with E-state index in [0.29, 0.717) is 38.9 Å². The van der Waals surface area contributed by atoms with Crippen molar-refractivity contribution in [1.82, 2.24) is 9.55 Å². The maximum atomic E-state index is 12.9. The van der Waals surface area contributed by atoms with Crippen LogP contribution >= 0.6 is 11.6 Å². The van der Waals surface area contributed by atoms with Crippen molar-refractivity contribution in [2.24, 2.45) is 0 Å². The lowest BCUT2D eigenvalue weighted by molar-refractivity contribution is -0.116. The number of aryl methyl sites for hydroxylation is 1. The van der Waals surface area contributed by atoms with Gasteiger partial charge in [0.05, 0.1) is 12.2 Å². The molecule has 0 aliphatic carbocycles. The molecule has 0 unspecified atom stereocenters. The molecule has 0 fully saturated rings. The van der Waals surface area contributed by atoms with Crippen LogP contribution in [0.5, 0.6) is 0 Å². The summed E-state index contributed by atoms with van der Waals surface area (Å²) in [7, 11) is 0. The number of halogens is 1. The third-order valence-corrected chi connectivity index (χ3v) is 4.94. The number of carbonyl (C=O) groups is 2. The zero-order valence-electron chi connectivity index (χ0n) is 17.4. The lowest BCUT2D eigenvalue weighted by Gasteiger charge is -2.15. The van der Waals surface area contributed by atoms with E-state index in [0.717, 1.165) is 0 Å². The van der Waals surface area contributed by atoms with Gasteiger partial charge in [-0.3, -0.25) is 14.2 Å². The Morgan fingerprint density at radius 3 is 2.48 bits per heavy atom. The molecule has 0 radical (unpaired) electrons. The zero-order chi connectivity index (χ0) is 22.5. The van der Waals surface area contributed by atoms with E-state index >= 15 is 0 Å². The highest BCUT2D eigenvalue weighted by molar-refractivity contribution is 6.30. The molecule has 3 rings (SSSR count). The Morgan fingerprint density at radius 2 is 1.84 bits per heavy atom. The third-order valence-electron chi connectivity index (χ3n) is 4.70. The Hall–Kier alpha value is -3.45. The van der Waals surface area contributed by atoms with Crippen molar-refractivity contribution >= 4 is 29.2 Å². The smallest absolute Gasteiger partial charge is 0.338 e. The van der Waals surface area contributed by atoms with Gasteiger partial charge in [0, 0.05) is 27.5 Å². The molecule has 1 N–H and O–H groups in total. The van der Waals surface area contributed by atoms with E-state index in [2.05, 4.69) is 10.3 Å². The second kappa shape index (κ2) is 9.57. The summed E-state index contributed by atoms with van der Waals surface area (Å²) in [5.74, 6) is -0.470. The van der Waals surface area contributed by atoms with Crippen LogP contribution in [0.2, 0.25) is 5.02 Å². The van der Waals surface area contributed by atoms with Gasteiger partial charge in [-0.15, -0.1) is 0 Å². The van der Waals surface area contributed by atoms with E-state index in [-0.39, 0.29) is 18.7 Å². The molecule has 3 aromatic rings. The standard InChI is InChI=1S/C23H22ClN3O4/c1-4-31-23(30)16-8-10-19(11-9-16)26-20(28)13-27-21(17-6-5-7-18(24)12-17)25-15(3)14(2)22(27)29/h5-12H,4,13H2,1-3H3,(H,26,28). The first-order valence-electron chi connectivity index (χ1n) is 9.71. The minimum absolute atomic E-state index is 0.228. The quantitative estimate of drug-likeness (QED) is 0.586. The molecular weight excluding hydrogens is 418 g/mol. The maximum Gasteiger partial charge on any atom is 0.338 e. The largest absolute Gasteiger partial charge is 0.462 e. The number of ether oxygens (including phenoxy) is 1. The SMILES string of the molecule is CCOC(=O)c1ccc(NC(=O)Cn2c(-c3cccc(Cl)c3)nc(C)c(C)c2=O)cc1. The van der Waals surface area contributed by atoms with Crippen molar-refractivity contribution < 1.29 is 14.3 Å². The van der Waals surface area contributed by atoms with Gasteiger partial charge >= 0.3 is 5.97 Å². The molecule has 8 heteroatoms. The Morgan fingerprint density at radius 1 is 1.13 bits per heavy atom. The molecule has 0 bridgehead atoms. The van der Waals surface area contributed by atoms with Gasteiger partial charge in [0.1, 0.15) is 12.4 Å². The van der Waals surface area contributed by atoms with Gasteiger partial charge in [-0.2, -0.15) is 0 Å². The maximum absolute atomic E-state index is 12.9. The molecule has 1 amide bonds. The van der Waals surface area contributed by atoms with Crippen molar-refractivity contribution in [2.45, 2.75) is 27.3 Å². The minimum Gasteiger partial charge on any atom is -0.462 e. The summed E-state index contributed by atoms with van der Waals surface area (Å²) in [5.41, 5.74) is 2.28. The topological polar surface area (TPSA) is 90.3 Å². The Bertz CT molecular complexity index is 1190. The highest BCUT2D eigenvalue weighted by atomic mass is 35.5. The van der Waals surface area contributed by atoms with Gasteiger partial charge in [-0.25, -0.2) is 9.78 Å². The first kappa shape index (κ1) is 22.2. The normalized spacial score (nSPS) is 10.6. The van der Waals surface area contributed by atoms with Gasteiger partial charge in [0.25, 0.3) is 5.56 Å². The van der Waals surface area contributed by atoms with Crippen molar-refractivity contribution in [3.05, 3.63) is 80.7 Å². The van der Waals surface area contributed by atoms with E-state index in [9.17, 15) is 14.4 Å². The summed E-state index contributed by atoms with van der Waals surface area (Å²) in [5, 5.41) is 3.24.